The summed E-state index contributed by atoms with van der Waals surface area (Å²) in [7, 11) is -2.98. The molecule has 118 valence electrons. The average Bonchev–Trinajstić information content (AvgIpc) is 2.45. The molecule has 0 aliphatic carbocycles. The van der Waals surface area contributed by atoms with Crippen LogP contribution in [-0.4, -0.2) is 37.0 Å². The molecule has 2 heterocycles. The smallest absolute Gasteiger partial charge is 0.154 e. The Bertz CT molecular complexity index is 545. The predicted molar refractivity (Wildman–Crippen MR) is 89.1 cm³/mol. The van der Waals surface area contributed by atoms with Gasteiger partial charge in [-0.15, -0.1) is 0 Å². The van der Waals surface area contributed by atoms with Gasteiger partial charge in [0.15, 0.2) is 9.84 Å². The molecule has 1 aromatic heterocycles. The first-order chi connectivity index (χ1) is 10.0. The largest absolute Gasteiger partial charge is 0.312 e. The number of aromatic nitrogens is 1. The van der Waals surface area contributed by atoms with Gasteiger partial charge in [0.2, 0.25) is 0 Å². The molecular formula is C15H23BrN2O2S. The van der Waals surface area contributed by atoms with Gasteiger partial charge in [0.05, 0.1) is 11.0 Å². The molecule has 1 N–H and O–H groups in total. The highest BCUT2D eigenvalue weighted by atomic mass is 79.9. The molecule has 0 radical (unpaired) electrons. The van der Waals surface area contributed by atoms with Crippen molar-refractivity contribution in [1.82, 2.24) is 10.3 Å². The van der Waals surface area contributed by atoms with Gasteiger partial charge in [0.1, 0.15) is 0 Å². The molecule has 2 atom stereocenters. The van der Waals surface area contributed by atoms with Crippen LogP contribution in [0.4, 0.5) is 0 Å². The van der Waals surface area contributed by atoms with Gasteiger partial charge in [-0.2, -0.15) is 0 Å². The van der Waals surface area contributed by atoms with Crippen molar-refractivity contribution in [2.24, 2.45) is 0 Å². The van der Waals surface area contributed by atoms with Crippen molar-refractivity contribution in [2.75, 3.05) is 12.3 Å². The Morgan fingerprint density at radius 1 is 1.43 bits per heavy atom. The van der Waals surface area contributed by atoms with Crippen LogP contribution in [0.1, 0.15) is 38.3 Å². The summed E-state index contributed by atoms with van der Waals surface area (Å²) >= 11 is 3.37. The molecule has 2 unspecified atom stereocenters. The van der Waals surface area contributed by atoms with Gasteiger partial charge in [-0.3, -0.25) is 4.98 Å². The third kappa shape index (κ3) is 4.76. The molecule has 1 fully saturated rings. The summed E-state index contributed by atoms with van der Waals surface area (Å²) in [5.41, 5.74) is 0.938. The van der Waals surface area contributed by atoms with Crippen LogP contribution in [0.15, 0.2) is 22.8 Å². The molecule has 1 aliphatic heterocycles. The van der Waals surface area contributed by atoms with Crippen molar-refractivity contribution in [3.63, 3.8) is 0 Å². The van der Waals surface area contributed by atoms with Crippen molar-refractivity contribution in [2.45, 2.75) is 50.3 Å². The van der Waals surface area contributed by atoms with E-state index in [4.69, 9.17) is 0 Å². The minimum absolute atomic E-state index is 0.0380. The normalized spacial score (nSPS) is 22.9. The van der Waals surface area contributed by atoms with Crippen LogP contribution in [0.2, 0.25) is 0 Å². The molecule has 0 aromatic carbocycles. The first-order valence-corrected chi connectivity index (χ1v) is 10.1. The van der Waals surface area contributed by atoms with E-state index in [0.717, 1.165) is 42.4 Å². The first-order valence-electron chi connectivity index (χ1n) is 7.58. The highest BCUT2D eigenvalue weighted by Crippen LogP contribution is 2.24. The number of sulfone groups is 1. The van der Waals surface area contributed by atoms with E-state index in [2.05, 4.69) is 33.2 Å². The third-order valence-electron chi connectivity index (χ3n) is 3.95. The zero-order valence-corrected chi connectivity index (χ0v) is 14.8. The summed E-state index contributed by atoms with van der Waals surface area (Å²) in [5, 5.41) is 3.15. The molecule has 2 rings (SSSR count). The van der Waals surface area contributed by atoms with E-state index in [1.807, 2.05) is 12.1 Å². The fourth-order valence-corrected chi connectivity index (χ4v) is 5.21. The quantitative estimate of drug-likeness (QED) is 0.831. The minimum Gasteiger partial charge on any atom is -0.312 e. The van der Waals surface area contributed by atoms with Gasteiger partial charge >= 0.3 is 0 Å². The van der Waals surface area contributed by atoms with E-state index < -0.39 is 9.84 Å². The van der Waals surface area contributed by atoms with Crippen LogP contribution in [0.5, 0.6) is 0 Å². The molecule has 6 heteroatoms. The molecule has 4 nitrogen and oxygen atoms in total. The van der Waals surface area contributed by atoms with Gasteiger partial charge in [-0.05, 0) is 53.9 Å². The van der Waals surface area contributed by atoms with Crippen molar-refractivity contribution in [3.05, 3.63) is 28.5 Å². The van der Waals surface area contributed by atoms with Crippen molar-refractivity contribution in [3.8, 4) is 0 Å². The second-order valence-corrected chi connectivity index (χ2v) is 8.89. The summed E-state index contributed by atoms with van der Waals surface area (Å²) < 4.78 is 25.7. The number of hydrogen-bond donors (Lipinski definition) is 1. The fourth-order valence-electron chi connectivity index (χ4n) is 2.85. The van der Waals surface area contributed by atoms with Gasteiger partial charge in [-0.1, -0.05) is 13.3 Å². The number of nitrogens with zero attached hydrogens (tertiary/aromatic N) is 1. The molecule has 0 spiro atoms. The molecule has 0 amide bonds. The maximum atomic E-state index is 12.4. The minimum atomic E-state index is -2.98. The molecular weight excluding hydrogens is 352 g/mol. The van der Waals surface area contributed by atoms with Crippen molar-refractivity contribution >= 4 is 25.8 Å². The lowest BCUT2D eigenvalue weighted by Crippen LogP contribution is -2.48. The Morgan fingerprint density at radius 3 is 2.86 bits per heavy atom. The summed E-state index contributed by atoms with van der Waals surface area (Å²) in [4.78, 5) is 4.39. The summed E-state index contributed by atoms with van der Waals surface area (Å²) in [6, 6.07) is 3.87. The first kappa shape index (κ1) is 16.9. The zero-order chi connectivity index (χ0) is 15.3. The average molecular weight is 375 g/mol. The van der Waals surface area contributed by atoms with Crippen LogP contribution in [0, 0.1) is 0 Å². The monoisotopic (exact) mass is 374 g/mol. The maximum Gasteiger partial charge on any atom is 0.154 e. The predicted octanol–water partition coefficient (Wildman–Crippen LogP) is 2.72. The van der Waals surface area contributed by atoms with E-state index in [9.17, 15) is 8.42 Å². The van der Waals surface area contributed by atoms with Gasteiger partial charge in [0.25, 0.3) is 0 Å². The lowest BCUT2D eigenvalue weighted by Gasteiger charge is -2.30. The number of nitrogens with one attached hydrogen (secondary N) is 1. The lowest BCUT2D eigenvalue weighted by molar-refractivity contribution is 0.431. The standard InChI is InChI=1S/C15H23BrN2O2S/c1-2-8-17-14(10-13-7-6-12(16)11-18-13)15-5-3-4-9-21(15,19)20/h6-7,11,14-15,17H,2-5,8-10H2,1H3. The van der Waals surface area contributed by atoms with E-state index >= 15 is 0 Å². The number of pyridine rings is 1. The van der Waals surface area contributed by atoms with Crippen LogP contribution < -0.4 is 5.32 Å². The number of rotatable bonds is 6. The molecule has 1 aliphatic rings. The lowest BCUT2D eigenvalue weighted by atomic mass is 10.0. The molecule has 0 saturated carbocycles. The Balaban J connectivity index is 2.15. The van der Waals surface area contributed by atoms with Crippen molar-refractivity contribution in [1.29, 1.82) is 0 Å². The van der Waals surface area contributed by atoms with Gasteiger partial charge < -0.3 is 5.32 Å². The Hall–Kier alpha value is -0.460. The Kier molecular flexibility index (Phi) is 6.20. The van der Waals surface area contributed by atoms with Gasteiger partial charge in [-0.25, -0.2) is 8.42 Å². The second-order valence-electron chi connectivity index (χ2n) is 5.63. The molecule has 1 aromatic rings. The van der Waals surface area contributed by atoms with Crippen LogP contribution >= 0.6 is 15.9 Å². The summed E-state index contributed by atoms with van der Waals surface area (Å²) in [6.07, 6.45) is 5.99. The van der Waals surface area contributed by atoms with E-state index in [0.29, 0.717) is 12.2 Å². The zero-order valence-electron chi connectivity index (χ0n) is 12.4. The molecule has 1 saturated heterocycles. The summed E-state index contributed by atoms with van der Waals surface area (Å²) in [5.74, 6) is 0.329. The highest BCUT2D eigenvalue weighted by molar-refractivity contribution is 9.10. The van der Waals surface area contributed by atoms with Crippen LogP contribution in [0.25, 0.3) is 0 Å². The SMILES string of the molecule is CCCNC(Cc1ccc(Br)cn1)C1CCCCS1(=O)=O. The van der Waals surface area contributed by atoms with E-state index in [-0.39, 0.29) is 11.3 Å². The Morgan fingerprint density at radius 2 is 2.24 bits per heavy atom. The number of hydrogen-bond acceptors (Lipinski definition) is 4. The van der Waals surface area contributed by atoms with E-state index in [1.54, 1.807) is 6.20 Å². The fraction of sp³-hybridized carbons (Fsp3) is 0.667. The maximum absolute atomic E-state index is 12.4. The third-order valence-corrected chi connectivity index (χ3v) is 6.77. The Labute approximate surface area is 135 Å². The van der Waals surface area contributed by atoms with Crippen molar-refractivity contribution < 1.29 is 8.42 Å². The number of halogens is 1. The highest BCUT2D eigenvalue weighted by Gasteiger charge is 2.35. The van der Waals surface area contributed by atoms with Gasteiger partial charge in [0, 0.05) is 28.8 Å². The molecule has 0 bridgehead atoms. The van der Waals surface area contributed by atoms with Crippen LogP contribution in [0.3, 0.4) is 0 Å². The van der Waals surface area contributed by atoms with Crippen LogP contribution in [-0.2, 0) is 16.3 Å². The topological polar surface area (TPSA) is 59.1 Å². The van der Waals surface area contributed by atoms with E-state index in [1.165, 1.54) is 0 Å². The molecule has 21 heavy (non-hydrogen) atoms. The second kappa shape index (κ2) is 7.70. The summed E-state index contributed by atoms with van der Waals surface area (Å²) in [6.45, 7) is 2.94.